The molecule has 1 aromatic carbocycles. The molecular weight excluding hydrogens is 284 g/mol. The van der Waals surface area contributed by atoms with Crippen molar-refractivity contribution in [3.8, 4) is 0 Å². The molecule has 0 radical (unpaired) electrons. The maximum absolute atomic E-state index is 11.6. The SMILES string of the molecule is O=C=NCc1ccc(/C=C/C(=O)NOC2CCCCO2)cc1. The van der Waals surface area contributed by atoms with Gasteiger partial charge in [0.05, 0.1) is 6.54 Å². The van der Waals surface area contributed by atoms with Gasteiger partial charge in [0.1, 0.15) is 0 Å². The van der Waals surface area contributed by atoms with E-state index >= 15 is 0 Å². The van der Waals surface area contributed by atoms with Crippen LogP contribution in [0.25, 0.3) is 6.08 Å². The molecule has 1 N–H and O–H groups in total. The van der Waals surface area contributed by atoms with E-state index in [-0.39, 0.29) is 12.2 Å². The van der Waals surface area contributed by atoms with Gasteiger partial charge in [-0.15, -0.1) is 0 Å². The molecule has 2 rings (SSSR count). The highest BCUT2D eigenvalue weighted by Crippen LogP contribution is 2.12. The lowest BCUT2D eigenvalue weighted by molar-refractivity contribution is -0.198. The number of ether oxygens (including phenoxy) is 1. The van der Waals surface area contributed by atoms with Gasteiger partial charge in [-0.1, -0.05) is 24.3 Å². The van der Waals surface area contributed by atoms with Gasteiger partial charge in [-0.3, -0.25) is 4.79 Å². The monoisotopic (exact) mass is 302 g/mol. The summed E-state index contributed by atoms with van der Waals surface area (Å²) in [5.74, 6) is -0.344. The van der Waals surface area contributed by atoms with Gasteiger partial charge in [0, 0.05) is 19.1 Å². The highest BCUT2D eigenvalue weighted by atomic mass is 16.8. The molecule has 1 saturated heterocycles. The zero-order valence-corrected chi connectivity index (χ0v) is 12.2. The van der Waals surface area contributed by atoms with E-state index in [0.29, 0.717) is 13.2 Å². The van der Waals surface area contributed by atoms with Gasteiger partial charge >= 0.3 is 0 Å². The summed E-state index contributed by atoms with van der Waals surface area (Å²) in [5.41, 5.74) is 4.12. The fourth-order valence-corrected chi connectivity index (χ4v) is 1.99. The number of hydroxylamine groups is 1. The Labute approximate surface area is 128 Å². The second kappa shape index (κ2) is 8.89. The Kier molecular flexibility index (Phi) is 6.51. The molecule has 1 atom stereocenters. The lowest BCUT2D eigenvalue weighted by Gasteiger charge is -2.21. The molecule has 116 valence electrons. The van der Waals surface area contributed by atoms with E-state index in [1.165, 1.54) is 12.2 Å². The average Bonchev–Trinajstić information content (AvgIpc) is 2.58. The van der Waals surface area contributed by atoms with Gasteiger partial charge in [-0.25, -0.2) is 20.1 Å². The molecule has 22 heavy (non-hydrogen) atoms. The van der Waals surface area contributed by atoms with Crippen LogP contribution in [0.15, 0.2) is 35.3 Å². The summed E-state index contributed by atoms with van der Waals surface area (Å²) in [4.78, 5) is 30.3. The first kappa shape index (κ1) is 16.1. The fourth-order valence-electron chi connectivity index (χ4n) is 1.99. The molecule has 1 unspecified atom stereocenters. The van der Waals surface area contributed by atoms with Gasteiger partial charge in [0.15, 0.2) is 6.29 Å². The first-order valence-corrected chi connectivity index (χ1v) is 7.16. The Balaban J connectivity index is 1.77. The summed E-state index contributed by atoms with van der Waals surface area (Å²) in [7, 11) is 0. The van der Waals surface area contributed by atoms with Gasteiger partial charge in [-0.05, 0) is 30.0 Å². The van der Waals surface area contributed by atoms with Gasteiger partial charge < -0.3 is 4.74 Å². The standard InChI is InChI=1S/C16H18N2O4/c19-12-17-11-14-6-4-13(5-7-14)8-9-15(20)18-22-16-3-1-2-10-21-16/h4-9,16H,1-3,10-11H2,(H,18,20)/b9-8+. The molecule has 1 aliphatic heterocycles. The smallest absolute Gasteiger partial charge is 0.267 e. The minimum absolute atomic E-state index is 0.309. The quantitative estimate of drug-likeness (QED) is 0.378. The molecule has 1 aromatic rings. The molecule has 0 spiro atoms. The third-order valence-electron chi connectivity index (χ3n) is 3.16. The Morgan fingerprint density at radius 1 is 1.41 bits per heavy atom. The predicted molar refractivity (Wildman–Crippen MR) is 80.1 cm³/mol. The third-order valence-corrected chi connectivity index (χ3v) is 3.16. The fraction of sp³-hybridized carbons (Fsp3) is 0.375. The van der Waals surface area contributed by atoms with Crippen LogP contribution in [0.5, 0.6) is 0 Å². The Morgan fingerprint density at radius 2 is 2.23 bits per heavy atom. The Morgan fingerprint density at radius 3 is 2.91 bits per heavy atom. The van der Waals surface area contributed by atoms with Gasteiger partial charge in [0.25, 0.3) is 5.91 Å². The first-order valence-electron chi connectivity index (χ1n) is 7.16. The highest BCUT2D eigenvalue weighted by molar-refractivity contribution is 5.90. The molecule has 1 aliphatic rings. The van der Waals surface area contributed by atoms with Crippen LogP contribution in [0.4, 0.5) is 0 Å². The van der Waals surface area contributed by atoms with Crippen molar-refractivity contribution in [3.63, 3.8) is 0 Å². The zero-order valence-electron chi connectivity index (χ0n) is 12.2. The number of nitrogens with zero attached hydrogens (tertiary/aromatic N) is 1. The van der Waals surface area contributed by atoms with E-state index in [4.69, 9.17) is 9.57 Å². The summed E-state index contributed by atoms with van der Waals surface area (Å²) in [6, 6.07) is 7.35. The van der Waals surface area contributed by atoms with Gasteiger partial charge in [-0.2, -0.15) is 0 Å². The van der Waals surface area contributed by atoms with E-state index in [2.05, 4.69) is 10.5 Å². The Hall–Kier alpha value is -2.27. The molecule has 0 aliphatic carbocycles. The van der Waals surface area contributed by atoms with Crippen LogP contribution in [0.2, 0.25) is 0 Å². The van der Waals surface area contributed by atoms with Crippen LogP contribution in [-0.4, -0.2) is 24.9 Å². The predicted octanol–water partition coefficient (Wildman–Crippen LogP) is 2.11. The van der Waals surface area contributed by atoms with Crippen molar-refractivity contribution >= 4 is 18.1 Å². The van der Waals surface area contributed by atoms with Crippen molar-refractivity contribution in [2.45, 2.75) is 32.1 Å². The normalized spacial score (nSPS) is 17.9. The lowest BCUT2D eigenvalue weighted by Crippen LogP contribution is -2.32. The molecular formula is C16H18N2O4. The molecule has 0 saturated carbocycles. The second-order valence-electron chi connectivity index (χ2n) is 4.86. The molecule has 1 heterocycles. The van der Waals surface area contributed by atoms with Crippen molar-refractivity contribution in [2.75, 3.05) is 6.61 Å². The van der Waals surface area contributed by atoms with Gasteiger partial charge in [0.2, 0.25) is 6.08 Å². The summed E-state index contributed by atoms with van der Waals surface area (Å²) >= 11 is 0. The minimum Gasteiger partial charge on any atom is -0.350 e. The topological polar surface area (TPSA) is 77.0 Å². The molecule has 6 nitrogen and oxygen atoms in total. The van der Waals surface area contributed by atoms with Crippen LogP contribution in [0.1, 0.15) is 30.4 Å². The average molecular weight is 302 g/mol. The molecule has 0 aromatic heterocycles. The first-order chi connectivity index (χ1) is 10.8. The number of amides is 1. The van der Waals surface area contributed by atoms with E-state index < -0.39 is 0 Å². The van der Waals surface area contributed by atoms with Crippen molar-refractivity contribution in [1.82, 2.24) is 5.48 Å². The number of carbonyl (C=O) groups is 1. The molecule has 1 fully saturated rings. The van der Waals surface area contributed by atoms with E-state index in [0.717, 1.165) is 30.4 Å². The maximum Gasteiger partial charge on any atom is 0.267 e. The van der Waals surface area contributed by atoms with Crippen LogP contribution >= 0.6 is 0 Å². The number of isocyanates is 1. The van der Waals surface area contributed by atoms with Crippen molar-refractivity contribution in [1.29, 1.82) is 0 Å². The van der Waals surface area contributed by atoms with Crippen molar-refractivity contribution in [2.24, 2.45) is 4.99 Å². The molecule has 0 bridgehead atoms. The number of hydrogen-bond donors (Lipinski definition) is 1. The Bertz CT molecular complexity index is 556. The number of nitrogens with one attached hydrogen (secondary N) is 1. The number of aliphatic imine (C=N–C) groups is 1. The molecule has 6 heteroatoms. The van der Waals surface area contributed by atoms with Crippen LogP contribution < -0.4 is 5.48 Å². The summed E-state index contributed by atoms with van der Waals surface area (Å²) in [6.45, 7) is 0.972. The van der Waals surface area contributed by atoms with Crippen molar-refractivity contribution < 1.29 is 19.2 Å². The van der Waals surface area contributed by atoms with E-state index in [1.54, 1.807) is 6.08 Å². The zero-order chi connectivity index (χ0) is 15.6. The molecule has 1 amide bonds. The lowest BCUT2D eigenvalue weighted by atomic mass is 10.1. The van der Waals surface area contributed by atoms with Crippen LogP contribution in [-0.2, 0) is 25.7 Å². The number of rotatable bonds is 6. The van der Waals surface area contributed by atoms with E-state index in [1.807, 2.05) is 24.3 Å². The highest BCUT2D eigenvalue weighted by Gasteiger charge is 2.14. The summed E-state index contributed by atoms with van der Waals surface area (Å²) in [5, 5.41) is 0. The van der Waals surface area contributed by atoms with E-state index in [9.17, 15) is 9.59 Å². The number of carbonyl (C=O) groups excluding carboxylic acids is 2. The number of hydrogen-bond acceptors (Lipinski definition) is 5. The minimum atomic E-state index is -0.358. The largest absolute Gasteiger partial charge is 0.350 e. The van der Waals surface area contributed by atoms with Crippen LogP contribution in [0.3, 0.4) is 0 Å². The maximum atomic E-state index is 11.6. The van der Waals surface area contributed by atoms with Crippen LogP contribution in [0, 0.1) is 0 Å². The summed E-state index contributed by atoms with van der Waals surface area (Å²) in [6.07, 6.45) is 7.06. The third kappa shape index (κ3) is 5.61. The van der Waals surface area contributed by atoms with Crippen molar-refractivity contribution in [3.05, 3.63) is 41.5 Å². The summed E-state index contributed by atoms with van der Waals surface area (Å²) < 4.78 is 5.34. The second-order valence-corrected chi connectivity index (χ2v) is 4.86. The number of benzene rings is 1.